The molecule has 0 unspecified atom stereocenters. The van der Waals surface area contributed by atoms with Gasteiger partial charge < -0.3 is 9.84 Å². The van der Waals surface area contributed by atoms with E-state index in [1.54, 1.807) is 43.5 Å². The summed E-state index contributed by atoms with van der Waals surface area (Å²) < 4.78 is 20.7. The quantitative estimate of drug-likeness (QED) is 0.804. The Morgan fingerprint density at radius 1 is 1.32 bits per heavy atom. The highest BCUT2D eigenvalue weighted by Crippen LogP contribution is 2.23. The molecule has 0 atom stereocenters. The molecule has 0 amide bonds. The van der Waals surface area contributed by atoms with Crippen LogP contribution >= 0.6 is 0 Å². The van der Waals surface area contributed by atoms with Gasteiger partial charge in [-0.05, 0) is 25.1 Å². The van der Waals surface area contributed by atoms with Crippen LogP contribution < -0.4 is 4.74 Å². The number of nitrogens with zero attached hydrogens (tertiary/aromatic N) is 2. The van der Waals surface area contributed by atoms with Gasteiger partial charge in [0.15, 0.2) is 17.1 Å². The fourth-order valence-corrected chi connectivity index (χ4v) is 2.30. The second-order valence-corrected chi connectivity index (χ2v) is 4.80. The number of carbonyl (C=O) groups is 1. The molecule has 0 aliphatic heterocycles. The third-order valence-electron chi connectivity index (χ3n) is 3.33. The Hall–Kier alpha value is -2.89. The molecule has 3 rings (SSSR count). The van der Waals surface area contributed by atoms with Gasteiger partial charge in [0.25, 0.3) is 0 Å². The van der Waals surface area contributed by atoms with Crippen LogP contribution in [0.3, 0.4) is 0 Å². The van der Waals surface area contributed by atoms with Gasteiger partial charge in [0.2, 0.25) is 0 Å². The topological polar surface area (TPSA) is 63.8 Å². The minimum Gasteiger partial charge on any atom is -0.485 e. The molecule has 1 aromatic carbocycles. The molecule has 0 radical (unpaired) electrons. The minimum absolute atomic E-state index is 0.0423. The molecule has 0 spiro atoms. The molecule has 22 heavy (non-hydrogen) atoms. The van der Waals surface area contributed by atoms with Gasteiger partial charge in [-0.15, -0.1) is 0 Å². The van der Waals surface area contributed by atoms with Crippen LogP contribution in [0.4, 0.5) is 4.39 Å². The van der Waals surface area contributed by atoms with Crippen molar-refractivity contribution in [3.05, 3.63) is 65.4 Å². The summed E-state index contributed by atoms with van der Waals surface area (Å²) in [4.78, 5) is 15.5. The summed E-state index contributed by atoms with van der Waals surface area (Å²) in [5, 5.41) is 9.24. The summed E-state index contributed by atoms with van der Waals surface area (Å²) in [5.74, 6) is -1.00. The molecule has 0 fully saturated rings. The summed E-state index contributed by atoms with van der Waals surface area (Å²) in [6.45, 7) is 1.66. The smallest absolute Gasteiger partial charge is 0.354 e. The van der Waals surface area contributed by atoms with Gasteiger partial charge in [-0.2, -0.15) is 0 Å². The lowest BCUT2D eigenvalue weighted by Crippen LogP contribution is -2.04. The Balaban J connectivity index is 1.97. The summed E-state index contributed by atoms with van der Waals surface area (Å²) in [5.41, 5.74) is 1.31. The first kappa shape index (κ1) is 14.1. The van der Waals surface area contributed by atoms with Crippen molar-refractivity contribution in [2.24, 2.45) is 0 Å². The fraction of sp³-hybridized carbons (Fsp3) is 0.125. The Morgan fingerprint density at radius 2 is 2.09 bits per heavy atom. The zero-order valence-corrected chi connectivity index (χ0v) is 11.8. The molecule has 1 N–H and O–H groups in total. The monoisotopic (exact) mass is 300 g/mol. The van der Waals surface area contributed by atoms with Crippen molar-refractivity contribution >= 4 is 11.6 Å². The average Bonchev–Trinajstić information content (AvgIpc) is 2.83. The van der Waals surface area contributed by atoms with Gasteiger partial charge in [0.05, 0.1) is 5.69 Å². The SMILES string of the molecule is Cc1nc2c(OCc3ccccc3F)cccn2c1C(=O)O. The Bertz CT molecular complexity index is 858. The molecule has 0 saturated carbocycles. The van der Waals surface area contributed by atoms with Crippen LogP contribution in [0.1, 0.15) is 21.7 Å². The second kappa shape index (κ2) is 5.48. The molecule has 0 aliphatic rings. The normalized spacial score (nSPS) is 10.8. The van der Waals surface area contributed by atoms with Crippen molar-refractivity contribution in [2.75, 3.05) is 0 Å². The molecule has 2 aromatic heterocycles. The molecule has 0 saturated heterocycles. The third-order valence-corrected chi connectivity index (χ3v) is 3.33. The van der Waals surface area contributed by atoms with E-state index in [2.05, 4.69) is 4.98 Å². The minimum atomic E-state index is -1.06. The second-order valence-electron chi connectivity index (χ2n) is 4.80. The van der Waals surface area contributed by atoms with E-state index in [1.807, 2.05) is 0 Å². The van der Waals surface area contributed by atoms with Crippen molar-refractivity contribution in [2.45, 2.75) is 13.5 Å². The van der Waals surface area contributed by atoms with E-state index in [9.17, 15) is 14.3 Å². The number of hydrogen-bond acceptors (Lipinski definition) is 3. The summed E-state index contributed by atoms with van der Waals surface area (Å²) in [6, 6.07) is 9.67. The number of halogens is 1. The summed E-state index contributed by atoms with van der Waals surface area (Å²) in [7, 11) is 0. The van der Waals surface area contributed by atoms with E-state index in [0.717, 1.165) is 0 Å². The van der Waals surface area contributed by atoms with Gasteiger partial charge in [-0.1, -0.05) is 18.2 Å². The Morgan fingerprint density at radius 3 is 2.82 bits per heavy atom. The van der Waals surface area contributed by atoms with Crippen molar-refractivity contribution in [3.8, 4) is 5.75 Å². The molecule has 112 valence electrons. The van der Waals surface area contributed by atoms with Crippen molar-refractivity contribution in [1.29, 1.82) is 0 Å². The van der Waals surface area contributed by atoms with Crippen LogP contribution in [0.25, 0.3) is 5.65 Å². The van der Waals surface area contributed by atoms with E-state index < -0.39 is 5.97 Å². The largest absolute Gasteiger partial charge is 0.485 e. The number of ether oxygens (including phenoxy) is 1. The van der Waals surface area contributed by atoms with Crippen LogP contribution in [0.2, 0.25) is 0 Å². The predicted octanol–water partition coefficient (Wildman–Crippen LogP) is 3.06. The first-order valence-corrected chi connectivity index (χ1v) is 6.65. The number of aromatic carboxylic acids is 1. The Kier molecular flexibility index (Phi) is 3.50. The van der Waals surface area contributed by atoms with Crippen LogP contribution in [0, 0.1) is 12.7 Å². The standard InChI is InChI=1S/C16H13FN2O3/c1-10-14(16(20)21)19-8-4-7-13(15(19)18-10)22-9-11-5-2-3-6-12(11)17/h2-8H,9H2,1H3,(H,20,21). The highest BCUT2D eigenvalue weighted by atomic mass is 19.1. The Labute approximate surface area is 125 Å². The maximum absolute atomic E-state index is 13.6. The lowest BCUT2D eigenvalue weighted by molar-refractivity contribution is 0.0688. The van der Waals surface area contributed by atoms with E-state index in [0.29, 0.717) is 22.7 Å². The summed E-state index contributed by atoms with van der Waals surface area (Å²) in [6.07, 6.45) is 1.61. The molecule has 0 aliphatic carbocycles. The number of carboxylic acids is 1. The average molecular weight is 300 g/mol. The number of benzene rings is 1. The van der Waals surface area contributed by atoms with Gasteiger partial charge in [0.1, 0.15) is 12.4 Å². The third kappa shape index (κ3) is 2.39. The van der Waals surface area contributed by atoms with Gasteiger partial charge in [-0.25, -0.2) is 14.2 Å². The van der Waals surface area contributed by atoms with E-state index >= 15 is 0 Å². The van der Waals surface area contributed by atoms with E-state index in [-0.39, 0.29) is 18.1 Å². The lowest BCUT2D eigenvalue weighted by Gasteiger charge is -2.08. The lowest BCUT2D eigenvalue weighted by atomic mass is 10.2. The van der Waals surface area contributed by atoms with Crippen LogP contribution in [0.15, 0.2) is 42.6 Å². The zero-order valence-electron chi connectivity index (χ0n) is 11.8. The predicted molar refractivity (Wildman–Crippen MR) is 77.6 cm³/mol. The van der Waals surface area contributed by atoms with Crippen molar-refractivity contribution in [3.63, 3.8) is 0 Å². The number of carboxylic acid groups (broad SMARTS) is 1. The molecule has 6 heteroatoms. The molecular weight excluding hydrogens is 287 g/mol. The first-order chi connectivity index (χ1) is 10.6. The van der Waals surface area contributed by atoms with Crippen LogP contribution in [-0.4, -0.2) is 20.5 Å². The van der Waals surface area contributed by atoms with E-state index in [4.69, 9.17) is 4.74 Å². The summed E-state index contributed by atoms with van der Waals surface area (Å²) >= 11 is 0. The van der Waals surface area contributed by atoms with Crippen molar-refractivity contribution in [1.82, 2.24) is 9.38 Å². The fourth-order valence-electron chi connectivity index (χ4n) is 2.30. The number of aryl methyl sites for hydroxylation is 1. The van der Waals surface area contributed by atoms with Gasteiger partial charge in [0, 0.05) is 11.8 Å². The van der Waals surface area contributed by atoms with Gasteiger partial charge >= 0.3 is 5.97 Å². The van der Waals surface area contributed by atoms with Gasteiger partial charge in [-0.3, -0.25) is 4.40 Å². The number of pyridine rings is 1. The highest BCUT2D eigenvalue weighted by Gasteiger charge is 2.17. The van der Waals surface area contributed by atoms with Crippen LogP contribution in [-0.2, 0) is 6.61 Å². The number of imidazole rings is 1. The molecule has 3 aromatic rings. The number of rotatable bonds is 4. The maximum Gasteiger partial charge on any atom is 0.354 e. The van der Waals surface area contributed by atoms with Crippen molar-refractivity contribution < 1.29 is 19.0 Å². The first-order valence-electron chi connectivity index (χ1n) is 6.65. The maximum atomic E-state index is 13.6. The molecular formula is C16H13FN2O3. The molecule has 0 bridgehead atoms. The molecule has 5 nitrogen and oxygen atoms in total. The number of hydrogen-bond donors (Lipinski definition) is 1. The van der Waals surface area contributed by atoms with Crippen LogP contribution in [0.5, 0.6) is 5.75 Å². The van der Waals surface area contributed by atoms with E-state index in [1.165, 1.54) is 10.5 Å². The number of aromatic nitrogens is 2. The number of fused-ring (bicyclic) bond motifs is 1. The molecule has 2 heterocycles. The zero-order chi connectivity index (χ0) is 15.7. The highest BCUT2D eigenvalue weighted by molar-refractivity contribution is 5.88.